The molecule has 5 nitrogen and oxygen atoms in total. The van der Waals surface area contributed by atoms with Gasteiger partial charge >= 0.3 is 6.18 Å². The highest BCUT2D eigenvalue weighted by Gasteiger charge is 2.32. The smallest absolute Gasteiger partial charge is 0.347 e. The predicted molar refractivity (Wildman–Crippen MR) is 82.3 cm³/mol. The van der Waals surface area contributed by atoms with Gasteiger partial charge in [0.2, 0.25) is 0 Å². The largest absolute Gasteiger partial charge is 0.416 e. The molecule has 0 bridgehead atoms. The van der Waals surface area contributed by atoms with Crippen LogP contribution in [0, 0.1) is 0 Å². The molecule has 3 aromatic rings. The Hall–Kier alpha value is -2.64. The van der Waals surface area contributed by atoms with Crippen LogP contribution in [0.2, 0.25) is 0 Å². The molecule has 4 rings (SSSR count). The molecule has 0 spiro atoms. The monoisotopic (exact) mass is 333 g/mol. The van der Waals surface area contributed by atoms with Crippen molar-refractivity contribution in [1.82, 2.24) is 19.9 Å². The van der Waals surface area contributed by atoms with Crippen molar-refractivity contribution in [3.63, 3.8) is 0 Å². The lowest BCUT2D eigenvalue weighted by molar-refractivity contribution is -0.137. The molecule has 0 unspecified atom stereocenters. The lowest BCUT2D eigenvalue weighted by Gasteiger charge is -2.24. The first-order valence-electron chi connectivity index (χ1n) is 7.59. The number of nitrogens with one attached hydrogen (secondary N) is 1. The molecular weight excluding hydrogens is 319 g/mol. The van der Waals surface area contributed by atoms with E-state index in [2.05, 4.69) is 24.8 Å². The molecule has 1 aliphatic carbocycles. The van der Waals surface area contributed by atoms with Crippen LogP contribution in [0.1, 0.15) is 24.0 Å². The Morgan fingerprint density at radius 3 is 2.50 bits per heavy atom. The number of hydrogen-bond donors (Lipinski definition) is 1. The van der Waals surface area contributed by atoms with Crippen molar-refractivity contribution < 1.29 is 13.2 Å². The molecule has 0 aliphatic heterocycles. The van der Waals surface area contributed by atoms with Crippen LogP contribution in [0.5, 0.6) is 0 Å². The first-order chi connectivity index (χ1) is 11.5. The maximum atomic E-state index is 12.7. The summed E-state index contributed by atoms with van der Waals surface area (Å²) in [5.74, 6) is 0.736. The fourth-order valence-corrected chi connectivity index (χ4v) is 2.73. The van der Waals surface area contributed by atoms with Crippen LogP contribution in [-0.4, -0.2) is 26.0 Å². The minimum Gasteiger partial charge on any atom is -0.347 e. The Labute approximate surface area is 135 Å². The van der Waals surface area contributed by atoms with Gasteiger partial charge in [-0.05, 0) is 30.5 Å². The molecule has 1 fully saturated rings. The first kappa shape index (κ1) is 14.9. The Balaban J connectivity index is 1.64. The Morgan fingerprint density at radius 2 is 1.83 bits per heavy atom. The van der Waals surface area contributed by atoms with Gasteiger partial charge in [-0.3, -0.25) is 0 Å². The Bertz CT molecular complexity index is 852. The Morgan fingerprint density at radius 1 is 1.08 bits per heavy atom. The van der Waals surface area contributed by atoms with Crippen molar-refractivity contribution in [2.75, 3.05) is 4.90 Å². The number of halogens is 3. The molecule has 8 heteroatoms. The van der Waals surface area contributed by atoms with Gasteiger partial charge < -0.3 is 9.88 Å². The molecule has 1 aromatic carbocycles. The summed E-state index contributed by atoms with van der Waals surface area (Å²) in [6.07, 6.45) is 0.788. The lowest BCUT2D eigenvalue weighted by Crippen LogP contribution is -2.26. The fraction of sp³-hybridized carbons (Fsp3) is 0.312. The second-order valence-corrected chi connectivity index (χ2v) is 5.85. The molecule has 0 saturated heterocycles. The van der Waals surface area contributed by atoms with Crippen molar-refractivity contribution in [1.29, 1.82) is 0 Å². The molecule has 0 atom stereocenters. The number of rotatable bonds is 4. The van der Waals surface area contributed by atoms with E-state index >= 15 is 0 Å². The summed E-state index contributed by atoms with van der Waals surface area (Å²) >= 11 is 0. The molecule has 0 radical (unpaired) electrons. The van der Waals surface area contributed by atoms with Crippen LogP contribution in [0.15, 0.2) is 36.9 Å². The van der Waals surface area contributed by atoms with Crippen molar-refractivity contribution in [3.8, 4) is 0 Å². The van der Waals surface area contributed by atoms with Gasteiger partial charge in [-0.2, -0.15) is 13.2 Å². The summed E-state index contributed by atoms with van der Waals surface area (Å²) in [6, 6.07) is 5.61. The summed E-state index contributed by atoms with van der Waals surface area (Å²) < 4.78 is 38.1. The summed E-state index contributed by atoms with van der Waals surface area (Å²) in [5.41, 5.74) is 1.50. The maximum Gasteiger partial charge on any atom is 0.416 e. The van der Waals surface area contributed by atoms with E-state index in [-0.39, 0.29) is 0 Å². The van der Waals surface area contributed by atoms with Crippen LogP contribution in [0.25, 0.3) is 11.2 Å². The highest BCUT2D eigenvalue weighted by Crippen LogP contribution is 2.35. The van der Waals surface area contributed by atoms with Gasteiger partial charge in [-0.25, -0.2) is 15.0 Å². The Kier molecular flexibility index (Phi) is 3.40. The van der Waals surface area contributed by atoms with E-state index in [9.17, 15) is 13.2 Å². The van der Waals surface area contributed by atoms with Crippen LogP contribution in [0.3, 0.4) is 0 Å². The molecule has 2 aromatic heterocycles. The zero-order valence-corrected chi connectivity index (χ0v) is 12.6. The predicted octanol–water partition coefficient (Wildman–Crippen LogP) is 3.54. The van der Waals surface area contributed by atoms with Crippen LogP contribution in [-0.2, 0) is 12.7 Å². The summed E-state index contributed by atoms with van der Waals surface area (Å²) in [5, 5.41) is 0. The van der Waals surface area contributed by atoms with Crippen LogP contribution < -0.4 is 4.90 Å². The second kappa shape index (κ2) is 5.47. The highest BCUT2D eigenvalue weighted by atomic mass is 19.4. The number of hydrogen-bond acceptors (Lipinski definition) is 4. The second-order valence-electron chi connectivity index (χ2n) is 5.85. The molecule has 24 heavy (non-hydrogen) atoms. The third kappa shape index (κ3) is 2.79. The number of benzene rings is 1. The quantitative estimate of drug-likeness (QED) is 0.793. The minimum atomic E-state index is -4.32. The third-order valence-corrected chi connectivity index (χ3v) is 4.10. The van der Waals surface area contributed by atoms with E-state index in [0.29, 0.717) is 18.2 Å². The van der Waals surface area contributed by atoms with E-state index in [1.54, 1.807) is 6.33 Å². The van der Waals surface area contributed by atoms with Gasteiger partial charge in [0.25, 0.3) is 0 Å². The number of aromatic nitrogens is 4. The average Bonchev–Trinajstić information content (AvgIpc) is 3.28. The number of alkyl halides is 3. The van der Waals surface area contributed by atoms with Gasteiger partial charge in [-0.1, -0.05) is 12.1 Å². The van der Waals surface area contributed by atoms with Gasteiger partial charge in [0.1, 0.15) is 11.8 Å². The number of fused-ring (bicyclic) bond motifs is 1. The van der Waals surface area contributed by atoms with E-state index in [1.807, 2.05) is 0 Å². The van der Waals surface area contributed by atoms with Gasteiger partial charge in [0.15, 0.2) is 11.5 Å². The standard InChI is InChI=1S/C16H14F3N5/c17-16(18,19)11-3-1-10(2-4-11)7-24(12-5-6-12)15-13-14(21-8-20-13)22-9-23-15/h1-4,8-9,12H,5-7H2,(H,20,21,22,23). The molecular formula is C16H14F3N5. The van der Waals surface area contributed by atoms with Crippen molar-refractivity contribution >= 4 is 17.0 Å². The number of nitrogens with zero attached hydrogens (tertiary/aromatic N) is 4. The first-order valence-corrected chi connectivity index (χ1v) is 7.59. The SMILES string of the molecule is FC(F)(F)c1ccc(CN(c2ncnc3nc[nH]c23)C2CC2)cc1. The number of H-pyrrole nitrogens is 1. The average molecular weight is 333 g/mol. The van der Waals surface area contributed by atoms with Gasteiger partial charge in [0, 0.05) is 12.6 Å². The van der Waals surface area contributed by atoms with E-state index < -0.39 is 11.7 Å². The molecule has 1 saturated carbocycles. The van der Waals surface area contributed by atoms with Gasteiger partial charge in [0.05, 0.1) is 11.9 Å². The zero-order valence-electron chi connectivity index (χ0n) is 12.6. The summed E-state index contributed by atoms with van der Waals surface area (Å²) in [4.78, 5) is 17.7. The fourth-order valence-electron chi connectivity index (χ4n) is 2.73. The molecule has 0 amide bonds. The topological polar surface area (TPSA) is 57.7 Å². The van der Waals surface area contributed by atoms with Crippen LogP contribution in [0.4, 0.5) is 19.0 Å². The highest BCUT2D eigenvalue weighted by molar-refractivity contribution is 5.83. The lowest BCUT2D eigenvalue weighted by atomic mass is 10.1. The summed E-state index contributed by atoms with van der Waals surface area (Å²) in [7, 11) is 0. The maximum absolute atomic E-state index is 12.7. The van der Waals surface area contributed by atoms with Gasteiger partial charge in [-0.15, -0.1) is 0 Å². The normalized spacial score (nSPS) is 15.0. The summed E-state index contributed by atoms with van der Waals surface area (Å²) in [6.45, 7) is 0.494. The molecule has 1 aliphatic rings. The van der Waals surface area contributed by atoms with E-state index in [4.69, 9.17) is 0 Å². The van der Waals surface area contributed by atoms with Crippen molar-refractivity contribution in [3.05, 3.63) is 48.0 Å². The van der Waals surface area contributed by atoms with Crippen molar-refractivity contribution in [2.24, 2.45) is 0 Å². The van der Waals surface area contributed by atoms with Crippen LogP contribution >= 0.6 is 0 Å². The number of imidazole rings is 1. The minimum absolute atomic E-state index is 0.341. The zero-order chi connectivity index (χ0) is 16.7. The molecule has 124 valence electrons. The number of anilines is 1. The molecule has 2 heterocycles. The molecule has 1 N–H and O–H groups in total. The van der Waals surface area contributed by atoms with Crippen molar-refractivity contribution in [2.45, 2.75) is 31.6 Å². The number of aromatic amines is 1. The van der Waals surface area contributed by atoms with E-state index in [0.717, 1.165) is 41.9 Å². The third-order valence-electron chi connectivity index (χ3n) is 4.10. The van der Waals surface area contributed by atoms with E-state index in [1.165, 1.54) is 18.5 Å².